The van der Waals surface area contributed by atoms with Gasteiger partial charge >= 0.3 is 5.97 Å². The number of halogens is 1. The summed E-state index contributed by atoms with van der Waals surface area (Å²) in [6, 6.07) is 4.01. The summed E-state index contributed by atoms with van der Waals surface area (Å²) in [6.45, 7) is 2.21. The van der Waals surface area contributed by atoms with Gasteiger partial charge in [0.25, 0.3) is 0 Å². The Morgan fingerprint density at radius 2 is 2.35 bits per heavy atom. The highest BCUT2D eigenvalue weighted by atomic mass is 79.9. The van der Waals surface area contributed by atoms with Gasteiger partial charge in [-0.3, -0.25) is 4.79 Å². The normalized spacial score (nSPS) is 10.5. The molecular formula is C11H10BrNO2S2. The van der Waals surface area contributed by atoms with Crippen LogP contribution in [0.3, 0.4) is 0 Å². The zero-order chi connectivity index (χ0) is 12.3. The SMILES string of the molecule is CCOC(=O)Cc1csc(-c2ccc(Br)s2)n1. The first kappa shape index (κ1) is 12.7. The predicted molar refractivity (Wildman–Crippen MR) is 73.5 cm³/mol. The van der Waals surface area contributed by atoms with Crippen molar-refractivity contribution >= 4 is 44.6 Å². The molecule has 0 aliphatic heterocycles. The van der Waals surface area contributed by atoms with Crippen LogP contribution in [-0.4, -0.2) is 17.6 Å². The Labute approximate surface area is 116 Å². The van der Waals surface area contributed by atoms with Gasteiger partial charge in [0.15, 0.2) is 0 Å². The molecule has 2 heterocycles. The van der Waals surface area contributed by atoms with Crippen molar-refractivity contribution < 1.29 is 9.53 Å². The number of carbonyl (C=O) groups is 1. The van der Waals surface area contributed by atoms with Crippen LogP contribution in [-0.2, 0) is 16.0 Å². The number of thiophene rings is 1. The summed E-state index contributed by atoms with van der Waals surface area (Å²) >= 11 is 6.60. The summed E-state index contributed by atoms with van der Waals surface area (Å²) in [5.74, 6) is -0.225. The van der Waals surface area contributed by atoms with Gasteiger partial charge in [-0.25, -0.2) is 4.98 Å². The zero-order valence-electron chi connectivity index (χ0n) is 9.10. The average molecular weight is 332 g/mol. The maximum Gasteiger partial charge on any atom is 0.311 e. The van der Waals surface area contributed by atoms with Crippen molar-refractivity contribution in [1.82, 2.24) is 4.98 Å². The molecule has 0 aliphatic rings. The van der Waals surface area contributed by atoms with Crippen molar-refractivity contribution in [3.05, 3.63) is 27.0 Å². The van der Waals surface area contributed by atoms with E-state index in [-0.39, 0.29) is 12.4 Å². The van der Waals surface area contributed by atoms with Crippen LogP contribution in [0.1, 0.15) is 12.6 Å². The highest BCUT2D eigenvalue weighted by Gasteiger charge is 2.10. The third kappa shape index (κ3) is 3.37. The molecule has 90 valence electrons. The van der Waals surface area contributed by atoms with Crippen molar-refractivity contribution in [2.45, 2.75) is 13.3 Å². The fourth-order valence-corrected chi connectivity index (χ4v) is 3.57. The quantitative estimate of drug-likeness (QED) is 0.801. The number of thiazole rings is 1. The van der Waals surface area contributed by atoms with Crippen LogP contribution in [0.15, 0.2) is 21.3 Å². The van der Waals surface area contributed by atoms with Gasteiger partial charge < -0.3 is 4.74 Å². The average Bonchev–Trinajstić information content (AvgIpc) is 2.87. The molecule has 17 heavy (non-hydrogen) atoms. The number of rotatable bonds is 4. The van der Waals surface area contributed by atoms with Crippen LogP contribution in [0.25, 0.3) is 9.88 Å². The maximum absolute atomic E-state index is 11.3. The fourth-order valence-electron chi connectivity index (χ4n) is 1.29. The lowest BCUT2D eigenvalue weighted by atomic mass is 10.3. The van der Waals surface area contributed by atoms with Gasteiger partial charge in [-0.15, -0.1) is 22.7 Å². The molecule has 2 rings (SSSR count). The van der Waals surface area contributed by atoms with Crippen molar-refractivity contribution in [3.63, 3.8) is 0 Å². The number of hydrogen-bond acceptors (Lipinski definition) is 5. The minimum absolute atomic E-state index is 0.225. The second-order valence-electron chi connectivity index (χ2n) is 3.23. The topological polar surface area (TPSA) is 39.2 Å². The summed E-state index contributed by atoms with van der Waals surface area (Å²) in [5.41, 5.74) is 0.771. The van der Waals surface area contributed by atoms with E-state index >= 15 is 0 Å². The van der Waals surface area contributed by atoms with Crippen LogP contribution >= 0.6 is 38.6 Å². The molecule has 0 atom stereocenters. The molecule has 0 fully saturated rings. The van der Waals surface area contributed by atoms with Gasteiger partial charge in [0.05, 0.1) is 27.4 Å². The Morgan fingerprint density at radius 3 is 3.00 bits per heavy atom. The van der Waals surface area contributed by atoms with Crippen molar-refractivity contribution in [2.24, 2.45) is 0 Å². The molecule has 2 aromatic heterocycles. The monoisotopic (exact) mass is 331 g/mol. The number of esters is 1. The molecule has 0 saturated heterocycles. The summed E-state index contributed by atoms with van der Waals surface area (Å²) in [4.78, 5) is 16.8. The molecule has 0 amide bonds. The molecule has 0 bridgehead atoms. The molecule has 0 N–H and O–H groups in total. The van der Waals surface area contributed by atoms with E-state index in [2.05, 4.69) is 20.9 Å². The second kappa shape index (κ2) is 5.75. The Hall–Kier alpha value is -0.720. The molecule has 6 heteroatoms. The first-order chi connectivity index (χ1) is 8.19. The van der Waals surface area contributed by atoms with Gasteiger partial charge in [0.1, 0.15) is 5.01 Å². The molecule has 0 aromatic carbocycles. The third-order valence-electron chi connectivity index (χ3n) is 1.97. The van der Waals surface area contributed by atoms with Gasteiger partial charge in [-0.1, -0.05) is 0 Å². The lowest BCUT2D eigenvalue weighted by Gasteiger charge is -1.97. The van der Waals surface area contributed by atoms with Crippen LogP contribution < -0.4 is 0 Å². The first-order valence-corrected chi connectivity index (χ1v) is 7.53. The van der Waals surface area contributed by atoms with Crippen LogP contribution in [0.5, 0.6) is 0 Å². The Kier molecular flexibility index (Phi) is 4.31. The Balaban J connectivity index is 2.08. The molecule has 0 radical (unpaired) electrons. The van der Waals surface area contributed by atoms with Crippen molar-refractivity contribution in [1.29, 1.82) is 0 Å². The Morgan fingerprint density at radius 1 is 1.53 bits per heavy atom. The van der Waals surface area contributed by atoms with Crippen LogP contribution in [0, 0.1) is 0 Å². The van der Waals surface area contributed by atoms with Gasteiger partial charge in [0, 0.05) is 5.38 Å². The molecule has 0 saturated carbocycles. The first-order valence-electron chi connectivity index (χ1n) is 5.04. The lowest BCUT2D eigenvalue weighted by Crippen LogP contribution is -2.07. The van der Waals surface area contributed by atoms with Gasteiger partial charge in [-0.2, -0.15) is 0 Å². The number of carbonyl (C=O) groups excluding carboxylic acids is 1. The summed E-state index contributed by atoms with van der Waals surface area (Å²) < 4.78 is 5.96. The van der Waals surface area contributed by atoms with E-state index in [4.69, 9.17) is 4.74 Å². The number of hydrogen-bond donors (Lipinski definition) is 0. The minimum Gasteiger partial charge on any atom is -0.466 e. The van der Waals surface area contributed by atoms with E-state index in [0.717, 1.165) is 19.4 Å². The summed E-state index contributed by atoms with van der Waals surface area (Å²) in [5, 5.41) is 2.85. The van der Waals surface area contributed by atoms with Crippen LogP contribution in [0.4, 0.5) is 0 Å². The van der Waals surface area contributed by atoms with E-state index in [1.165, 1.54) is 0 Å². The van der Waals surface area contributed by atoms with Crippen molar-refractivity contribution in [3.8, 4) is 9.88 Å². The van der Waals surface area contributed by atoms with E-state index < -0.39 is 0 Å². The number of ether oxygens (including phenoxy) is 1. The highest BCUT2D eigenvalue weighted by Crippen LogP contribution is 2.33. The van der Waals surface area contributed by atoms with E-state index in [9.17, 15) is 4.79 Å². The lowest BCUT2D eigenvalue weighted by molar-refractivity contribution is -0.142. The van der Waals surface area contributed by atoms with E-state index in [1.54, 1.807) is 29.6 Å². The predicted octanol–water partition coefficient (Wildman–Crippen LogP) is 3.74. The molecular weight excluding hydrogens is 322 g/mol. The molecule has 3 nitrogen and oxygen atoms in total. The molecule has 0 unspecified atom stereocenters. The maximum atomic E-state index is 11.3. The summed E-state index contributed by atoms with van der Waals surface area (Å²) in [6.07, 6.45) is 0.247. The molecule has 0 aliphatic carbocycles. The third-order valence-corrected chi connectivity index (χ3v) is 4.65. The van der Waals surface area contributed by atoms with Gasteiger partial charge in [0.2, 0.25) is 0 Å². The Bertz CT molecular complexity index is 521. The molecule has 2 aromatic rings. The van der Waals surface area contributed by atoms with E-state index in [0.29, 0.717) is 6.61 Å². The number of nitrogens with zero attached hydrogens (tertiary/aromatic N) is 1. The van der Waals surface area contributed by atoms with Crippen molar-refractivity contribution in [2.75, 3.05) is 6.61 Å². The molecule has 0 spiro atoms. The minimum atomic E-state index is -0.225. The van der Waals surface area contributed by atoms with E-state index in [1.807, 2.05) is 17.5 Å². The highest BCUT2D eigenvalue weighted by molar-refractivity contribution is 9.11. The second-order valence-corrected chi connectivity index (χ2v) is 6.55. The van der Waals surface area contributed by atoms with Crippen LogP contribution in [0.2, 0.25) is 0 Å². The fraction of sp³-hybridized carbons (Fsp3) is 0.273. The zero-order valence-corrected chi connectivity index (χ0v) is 12.3. The van der Waals surface area contributed by atoms with Gasteiger partial charge in [-0.05, 0) is 35.0 Å². The smallest absolute Gasteiger partial charge is 0.311 e. The number of aromatic nitrogens is 1. The summed E-state index contributed by atoms with van der Waals surface area (Å²) in [7, 11) is 0. The standard InChI is InChI=1S/C11H10BrNO2S2/c1-2-15-10(14)5-7-6-16-11(13-7)8-3-4-9(12)17-8/h3-4,6H,2,5H2,1H3. The largest absolute Gasteiger partial charge is 0.466 e.